The molecule has 2 aliphatic heterocycles. The summed E-state index contributed by atoms with van der Waals surface area (Å²) in [5.41, 5.74) is 5.92. The van der Waals surface area contributed by atoms with Gasteiger partial charge in [-0.15, -0.1) is 0 Å². The van der Waals surface area contributed by atoms with Crippen LogP contribution in [-0.2, 0) is 18.5 Å². The number of rotatable bonds is 4. The van der Waals surface area contributed by atoms with Gasteiger partial charge in [-0.25, -0.2) is 0 Å². The number of aromatic nitrogens is 1. The third kappa shape index (κ3) is 3.68. The van der Waals surface area contributed by atoms with Gasteiger partial charge in [0.15, 0.2) is 0 Å². The SMILES string of the molecule is Cc1cccc(CN2CCC3(CC2)CN(CC2CC2)Cc2ccccc23)n1. The lowest BCUT2D eigenvalue weighted by atomic mass is 9.68. The normalized spacial score (nSPS) is 22.7. The average Bonchev–Trinajstić information content (AvgIpc) is 3.48. The zero-order chi connectivity index (χ0) is 18.3. The summed E-state index contributed by atoms with van der Waals surface area (Å²) in [6, 6.07) is 15.7. The molecule has 142 valence electrons. The van der Waals surface area contributed by atoms with Crippen LogP contribution >= 0.6 is 0 Å². The second kappa shape index (κ2) is 7.03. The fourth-order valence-corrected chi connectivity index (χ4v) is 5.26. The van der Waals surface area contributed by atoms with Gasteiger partial charge in [0.25, 0.3) is 0 Å². The van der Waals surface area contributed by atoms with E-state index in [1.165, 1.54) is 57.6 Å². The molecule has 27 heavy (non-hydrogen) atoms. The van der Waals surface area contributed by atoms with E-state index < -0.39 is 0 Å². The average molecular weight is 362 g/mol. The summed E-state index contributed by atoms with van der Waals surface area (Å²) in [7, 11) is 0. The summed E-state index contributed by atoms with van der Waals surface area (Å²) in [6.07, 6.45) is 5.44. The van der Waals surface area contributed by atoms with Crippen LogP contribution in [0.2, 0.25) is 0 Å². The number of nitrogens with zero attached hydrogens (tertiary/aromatic N) is 3. The maximum atomic E-state index is 4.71. The molecule has 0 unspecified atom stereocenters. The topological polar surface area (TPSA) is 19.4 Å². The summed E-state index contributed by atoms with van der Waals surface area (Å²) in [5.74, 6) is 0.972. The van der Waals surface area contributed by atoms with Crippen molar-refractivity contribution >= 4 is 0 Å². The first-order valence-electron chi connectivity index (χ1n) is 10.7. The van der Waals surface area contributed by atoms with Crippen molar-refractivity contribution in [3.05, 3.63) is 65.0 Å². The Morgan fingerprint density at radius 2 is 1.81 bits per heavy atom. The Labute approximate surface area is 163 Å². The minimum atomic E-state index is 0.361. The highest BCUT2D eigenvalue weighted by Gasteiger charge is 2.42. The first kappa shape index (κ1) is 17.4. The highest BCUT2D eigenvalue weighted by molar-refractivity contribution is 5.38. The summed E-state index contributed by atoms with van der Waals surface area (Å²) < 4.78 is 0. The molecule has 1 aromatic heterocycles. The molecule has 1 spiro atoms. The van der Waals surface area contributed by atoms with Gasteiger partial charge < -0.3 is 0 Å². The number of fused-ring (bicyclic) bond motifs is 2. The Morgan fingerprint density at radius 3 is 2.59 bits per heavy atom. The maximum Gasteiger partial charge on any atom is 0.0547 e. The Balaban J connectivity index is 1.32. The van der Waals surface area contributed by atoms with Crippen molar-refractivity contribution in [3.8, 4) is 0 Å². The molecule has 3 aliphatic rings. The largest absolute Gasteiger partial charge is 0.298 e. The quantitative estimate of drug-likeness (QED) is 0.815. The number of piperidine rings is 1. The second-order valence-corrected chi connectivity index (χ2v) is 9.10. The highest BCUT2D eigenvalue weighted by Crippen LogP contribution is 2.43. The van der Waals surface area contributed by atoms with E-state index >= 15 is 0 Å². The lowest BCUT2D eigenvalue weighted by Gasteiger charge is -2.49. The van der Waals surface area contributed by atoms with Crippen LogP contribution in [0.5, 0.6) is 0 Å². The molecular weight excluding hydrogens is 330 g/mol. The van der Waals surface area contributed by atoms with Crippen molar-refractivity contribution in [3.63, 3.8) is 0 Å². The van der Waals surface area contributed by atoms with Crippen LogP contribution in [0.4, 0.5) is 0 Å². The van der Waals surface area contributed by atoms with Crippen molar-refractivity contribution in [1.29, 1.82) is 0 Å². The predicted molar refractivity (Wildman–Crippen MR) is 110 cm³/mol. The first-order valence-corrected chi connectivity index (χ1v) is 10.7. The number of pyridine rings is 1. The van der Waals surface area contributed by atoms with Gasteiger partial charge in [-0.1, -0.05) is 30.3 Å². The second-order valence-electron chi connectivity index (χ2n) is 9.10. The van der Waals surface area contributed by atoms with Crippen molar-refractivity contribution in [2.24, 2.45) is 5.92 Å². The van der Waals surface area contributed by atoms with E-state index in [1.807, 2.05) is 0 Å². The van der Waals surface area contributed by atoms with Crippen LogP contribution in [0.1, 0.15) is 48.2 Å². The van der Waals surface area contributed by atoms with Crippen LogP contribution < -0.4 is 0 Å². The molecule has 3 nitrogen and oxygen atoms in total. The molecule has 1 saturated carbocycles. The number of hydrogen-bond donors (Lipinski definition) is 0. The smallest absolute Gasteiger partial charge is 0.0547 e. The fraction of sp³-hybridized carbons (Fsp3) is 0.542. The third-order valence-corrected chi connectivity index (χ3v) is 6.87. The van der Waals surface area contributed by atoms with Gasteiger partial charge in [0.2, 0.25) is 0 Å². The Hall–Kier alpha value is -1.71. The molecule has 2 fully saturated rings. The number of aryl methyl sites for hydroxylation is 1. The van der Waals surface area contributed by atoms with Crippen molar-refractivity contribution in [1.82, 2.24) is 14.8 Å². The zero-order valence-corrected chi connectivity index (χ0v) is 16.5. The Bertz CT molecular complexity index is 803. The van der Waals surface area contributed by atoms with Crippen molar-refractivity contribution in [2.45, 2.75) is 51.1 Å². The predicted octanol–water partition coefficient (Wildman–Crippen LogP) is 4.15. The van der Waals surface area contributed by atoms with Crippen LogP contribution in [0, 0.1) is 12.8 Å². The van der Waals surface area contributed by atoms with E-state index in [0.29, 0.717) is 5.41 Å². The van der Waals surface area contributed by atoms with Gasteiger partial charge in [-0.05, 0) is 74.9 Å². The molecule has 0 atom stereocenters. The summed E-state index contributed by atoms with van der Waals surface area (Å²) in [6.45, 7) is 9.17. The van der Waals surface area contributed by atoms with E-state index in [1.54, 1.807) is 11.1 Å². The molecule has 1 saturated heterocycles. The van der Waals surface area contributed by atoms with Gasteiger partial charge >= 0.3 is 0 Å². The first-order chi connectivity index (χ1) is 13.2. The summed E-state index contributed by atoms with van der Waals surface area (Å²) in [5, 5.41) is 0. The zero-order valence-electron chi connectivity index (χ0n) is 16.5. The van der Waals surface area contributed by atoms with E-state index in [4.69, 9.17) is 4.98 Å². The molecule has 0 amide bonds. The molecule has 5 rings (SSSR count). The van der Waals surface area contributed by atoms with E-state index in [2.05, 4.69) is 59.2 Å². The highest BCUT2D eigenvalue weighted by atomic mass is 15.2. The molecule has 2 aromatic rings. The molecule has 0 bridgehead atoms. The molecule has 1 aromatic carbocycles. The van der Waals surface area contributed by atoms with Gasteiger partial charge in [0.05, 0.1) is 5.69 Å². The lowest BCUT2D eigenvalue weighted by Crippen LogP contribution is -2.52. The van der Waals surface area contributed by atoms with Gasteiger partial charge in [0, 0.05) is 37.3 Å². The van der Waals surface area contributed by atoms with Crippen molar-refractivity contribution < 1.29 is 0 Å². The third-order valence-electron chi connectivity index (χ3n) is 6.87. The van der Waals surface area contributed by atoms with E-state index in [9.17, 15) is 0 Å². The molecular formula is C24H31N3. The molecule has 3 heteroatoms. The summed E-state index contributed by atoms with van der Waals surface area (Å²) >= 11 is 0. The number of benzene rings is 1. The number of hydrogen-bond acceptors (Lipinski definition) is 3. The Kier molecular flexibility index (Phi) is 4.53. The minimum absolute atomic E-state index is 0.361. The van der Waals surface area contributed by atoms with Crippen LogP contribution in [0.25, 0.3) is 0 Å². The molecule has 0 radical (unpaired) electrons. The fourth-order valence-electron chi connectivity index (χ4n) is 5.26. The number of likely N-dealkylation sites (tertiary alicyclic amines) is 1. The summed E-state index contributed by atoms with van der Waals surface area (Å²) in [4.78, 5) is 10.1. The molecule has 0 N–H and O–H groups in total. The lowest BCUT2D eigenvalue weighted by molar-refractivity contribution is 0.0916. The van der Waals surface area contributed by atoms with Crippen LogP contribution in [0.3, 0.4) is 0 Å². The van der Waals surface area contributed by atoms with E-state index in [-0.39, 0.29) is 0 Å². The van der Waals surface area contributed by atoms with Crippen LogP contribution in [-0.4, -0.2) is 41.0 Å². The van der Waals surface area contributed by atoms with Crippen molar-refractivity contribution in [2.75, 3.05) is 26.2 Å². The minimum Gasteiger partial charge on any atom is -0.298 e. The van der Waals surface area contributed by atoms with Gasteiger partial charge in [-0.3, -0.25) is 14.8 Å². The Morgan fingerprint density at radius 1 is 1.00 bits per heavy atom. The monoisotopic (exact) mass is 361 g/mol. The van der Waals surface area contributed by atoms with Gasteiger partial charge in [-0.2, -0.15) is 0 Å². The maximum absolute atomic E-state index is 4.71. The van der Waals surface area contributed by atoms with Crippen LogP contribution in [0.15, 0.2) is 42.5 Å². The van der Waals surface area contributed by atoms with Gasteiger partial charge in [0.1, 0.15) is 0 Å². The standard InChI is InChI=1S/C24H31N3/c1-19-5-4-7-22(25-19)17-26-13-11-24(12-14-26)18-27(15-20-9-10-20)16-21-6-2-3-8-23(21)24/h2-8,20H,9-18H2,1H3. The molecule has 1 aliphatic carbocycles. The molecule has 3 heterocycles. The van der Waals surface area contributed by atoms with E-state index in [0.717, 1.165) is 24.7 Å².